The van der Waals surface area contributed by atoms with Crippen molar-refractivity contribution in [1.82, 2.24) is 5.32 Å². The van der Waals surface area contributed by atoms with E-state index in [1.165, 1.54) is 6.92 Å². The molecule has 0 aromatic carbocycles. The molecule has 0 radical (unpaired) electrons. The van der Waals surface area contributed by atoms with E-state index in [1.807, 2.05) is 0 Å². The SMILES string of the molecule is CC(=O)CC(=O)NCC(C)(C)C#N. The van der Waals surface area contributed by atoms with Gasteiger partial charge in [-0.1, -0.05) is 0 Å². The van der Waals surface area contributed by atoms with Gasteiger partial charge in [0.15, 0.2) is 0 Å². The fourth-order valence-corrected chi connectivity index (χ4v) is 0.648. The number of hydrogen-bond donors (Lipinski definition) is 1. The van der Waals surface area contributed by atoms with Crippen LogP contribution in [0.2, 0.25) is 0 Å². The Morgan fingerprint density at radius 1 is 1.46 bits per heavy atom. The summed E-state index contributed by atoms with van der Waals surface area (Å²) in [7, 11) is 0. The molecule has 0 spiro atoms. The first-order valence-electron chi connectivity index (χ1n) is 4.05. The summed E-state index contributed by atoms with van der Waals surface area (Å²) in [4.78, 5) is 21.5. The first-order chi connectivity index (χ1) is 5.87. The van der Waals surface area contributed by atoms with E-state index >= 15 is 0 Å². The Balaban J connectivity index is 3.85. The van der Waals surface area contributed by atoms with Crippen LogP contribution < -0.4 is 5.32 Å². The van der Waals surface area contributed by atoms with Crippen molar-refractivity contribution in [3.05, 3.63) is 0 Å². The van der Waals surface area contributed by atoms with Gasteiger partial charge in [-0.05, 0) is 20.8 Å². The molecule has 0 fully saturated rings. The molecule has 0 aromatic heterocycles. The van der Waals surface area contributed by atoms with Crippen LogP contribution in [0.25, 0.3) is 0 Å². The fraction of sp³-hybridized carbons (Fsp3) is 0.667. The molecule has 0 rings (SSSR count). The lowest BCUT2D eigenvalue weighted by atomic mass is 9.96. The van der Waals surface area contributed by atoms with E-state index in [0.29, 0.717) is 0 Å². The van der Waals surface area contributed by atoms with Gasteiger partial charge in [-0.25, -0.2) is 0 Å². The van der Waals surface area contributed by atoms with Gasteiger partial charge in [0.2, 0.25) is 5.91 Å². The van der Waals surface area contributed by atoms with E-state index in [2.05, 4.69) is 11.4 Å². The van der Waals surface area contributed by atoms with Crippen molar-refractivity contribution in [2.24, 2.45) is 5.41 Å². The van der Waals surface area contributed by atoms with Crippen LogP contribution in [-0.4, -0.2) is 18.2 Å². The second kappa shape index (κ2) is 4.61. The van der Waals surface area contributed by atoms with E-state index in [4.69, 9.17) is 5.26 Å². The van der Waals surface area contributed by atoms with Gasteiger partial charge in [0, 0.05) is 6.54 Å². The highest BCUT2D eigenvalue weighted by atomic mass is 16.2. The average molecular weight is 182 g/mol. The second-order valence-electron chi connectivity index (χ2n) is 3.65. The highest BCUT2D eigenvalue weighted by Gasteiger charge is 2.17. The molecule has 0 aromatic rings. The number of hydrogen-bond acceptors (Lipinski definition) is 3. The van der Waals surface area contributed by atoms with Gasteiger partial charge >= 0.3 is 0 Å². The van der Waals surface area contributed by atoms with E-state index in [1.54, 1.807) is 13.8 Å². The molecule has 0 heterocycles. The van der Waals surface area contributed by atoms with Crippen LogP contribution in [0.3, 0.4) is 0 Å². The molecule has 4 heteroatoms. The number of nitrogens with zero attached hydrogens (tertiary/aromatic N) is 1. The summed E-state index contributed by atoms with van der Waals surface area (Å²) in [5.74, 6) is -0.497. The summed E-state index contributed by atoms with van der Waals surface area (Å²) in [6.45, 7) is 5.08. The van der Waals surface area contributed by atoms with Crippen LogP contribution in [0.5, 0.6) is 0 Å². The van der Waals surface area contributed by atoms with Crippen LogP contribution in [0.4, 0.5) is 0 Å². The number of ketones is 1. The number of carbonyl (C=O) groups is 2. The predicted octanol–water partition coefficient (Wildman–Crippen LogP) is 0.631. The van der Waals surface area contributed by atoms with Crippen molar-refractivity contribution in [3.8, 4) is 6.07 Å². The van der Waals surface area contributed by atoms with Crippen LogP contribution in [-0.2, 0) is 9.59 Å². The van der Waals surface area contributed by atoms with Crippen LogP contribution in [0.1, 0.15) is 27.2 Å². The number of carbonyl (C=O) groups excluding carboxylic acids is 2. The van der Waals surface area contributed by atoms with Gasteiger partial charge < -0.3 is 5.32 Å². The normalized spacial score (nSPS) is 10.3. The first-order valence-corrected chi connectivity index (χ1v) is 4.05. The molecule has 1 amide bonds. The minimum atomic E-state index is -0.577. The molecule has 1 N–H and O–H groups in total. The maximum atomic E-state index is 11.0. The molecular weight excluding hydrogens is 168 g/mol. The molecule has 0 bridgehead atoms. The fourth-order valence-electron chi connectivity index (χ4n) is 0.648. The van der Waals surface area contributed by atoms with E-state index in [-0.39, 0.29) is 24.7 Å². The molecule has 0 saturated carbocycles. The minimum Gasteiger partial charge on any atom is -0.354 e. The van der Waals surface area contributed by atoms with Crippen molar-refractivity contribution in [1.29, 1.82) is 5.26 Å². The Morgan fingerprint density at radius 3 is 2.38 bits per heavy atom. The quantitative estimate of drug-likeness (QED) is 0.648. The summed E-state index contributed by atoms with van der Waals surface area (Å²) in [5, 5.41) is 11.1. The summed E-state index contributed by atoms with van der Waals surface area (Å²) < 4.78 is 0. The maximum Gasteiger partial charge on any atom is 0.227 e. The summed E-state index contributed by atoms with van der Waals surface area (Å²) in [6, 6.07) is 2.05. The topological polar surface area (TPSA) is 70.0 Å². The maximum absolute atomic E-state index is 11.0. The molecule has 72 valence electrons. The van der Waals surface area contributed by atoms with Crippen molar-refractivity contribution in [2.75, 3.05) is 6.54 Å². The van der Waals surface area contributed by atoms with Crippen molar-refractivity contribution < 1.29 is 9.59 Å². The Bertz CT molecular complexity index is 251. The Kier molecular flexibility index (Phi) is 4.12. The average Bonchev–Trinajstić information content (AvgIpc) is 2.00. The zero-order valence-electron chi connectivity index (χ0n) is 8.18. The van der Waals surface area contributed by atoms with Crippen LogP contribution >= 0.6 is 0 Å². The van der Waals surface area contributed by atoms with Crippen molar-refractivity contribution in [3.63, 3.8) is 0 Å². The van der Waals surface area contributed by atoms with Gasteiger partial charge in [-0.2, -0.15) is 5.26 Å². The van der Waals surface area contributed by atoms with Gasteiger partial charge in [-0.3, -0.25) is 9.59 Å². The van der Waals surface area contributed by atoms with Gasteiger partial charge in [0.1, 0.15) is 5.78 Å². The Morgan fingerprint density at radius 2 is 2.00 bits per heavy atom. The number of Topliss-reactive ketones (excluding diaryl/α,β-unsaturated/α-hetero) is 1. The molecule has 0 unspecified atom stereocenters. The number of nitrogens with one attached hydrogen (secondary N) is 1. The number of rotatable bonds is 4. The summed E-state index contributed by atoms with van der Waals surface area (Å²) >= 11 is 0. The zero-order valence-corrected chi connectivity index (χ0v) is 8.18. The summed E-state index contributed by atoms with van der Waals surface area (Å²) in [6.07, 6.45) is -0.110. The molecule has 0 aliphatic carbocycles. The van der Waals surface area contributed by atoms with Crippen LogP contribution in [0.15, 0.2) is 0 Å². The molecule has 0 aliphatic rings. The largest absolute Gasteiger partial charge is 0.354 e. The molecule has 0 saturated heterocycles. The van der Waals surface area contributed by atoms with Gasteiger partial charge in [0.05, 0.1) is 17.9 Å². The lowest BCUT2D eigenvalue weighted by Crippen LogP contribution is -2.33. The zero-order chi connectivity index (χ0) is 10.5. The third-order valence-electron chi connectivity index (χ3n) is 1.44. The third-order valence-corrected chi connectivity index (χ3v) is 1.44. The standard InChI is InChI=1S/C9H14N2O2/c1-7(12)4-8(13)11-6-9(2,3)5-10/h4,6H2,1-3H3,(H,11,13). The van der Waals surface area contributed by atoms with E-state index < -0.39 is 5.41 Å². The lowest BCUT2D eigenvalue weighted by Gasteiger charge is -2.15. The van der Waals surface area contributed by atoms with Crippen molar-refractivity contribution in [2.45, 2.75) is 27.2 Å². The van der Waals surface area contributed by atoms with Crippen molar-refractivity contribution >= 4 is 11.7 Å². The minimum absolute atomic E-state index is 0.110. The van der Waals surface area contributed by atoms with Crippen LogP contribution in [0, 0.1) is 16.7 Å². The lowest BCUT2D eigenvalue weighted by molar-refractivity contribution is -0.127. The van der Waals surface area contributed by atoms with E-state index in [9.17, 15) is 9.59 Å². The smallest absolute Gasteiger partial charge is 0.227 e. The Hall–Kier alpha value is -1.37. The molecule has 0 atom stereocenters. The molecule has 4 nitrogen and oxygen atoms in total. The van der Waals surface area contributed by atoms with Gasteiger partial charge in [-0.15, -0.1) is 0 Å². The number of nitriles is 1. The van der Waals surface area contributed by atoms with E-state index in [0.717, 1.165) is 0 Å². The predicted molar refractivity (Wildman–Crippen MR) is 47.7 cm³/mol. The number of amides is 1. The highest BCUT2D eigenvalue weighted by molar-refractivity contribution is 5.96. The molecule has 0 aliphatic heterocycles. The summed E-state index contributed by atoms with van der Waals surface area (Å²) in [5.41, 5.74) is -0.577. The highest BCUT2D eigenvalue weighted by Crippen LogP contribution is 2.10. The third kappa shape index (κ3) is 5.85. The Labute approximate surface area is 77.9 Å². The first kappa shape index (κ1) is 11.6. The second-order valence-corrected chi connectivity index (χ2v) is 3.65. The van der Waals surface area contributed by atoms with Gasteiger partial charge in [0.25, 0.3) is 0 Å². The monoisotopic (exact) mass is 182 g/mol. The molecular formula is C9H14N2O2. The molecule has 13 heavy (non-hydrogen) atoms.